The predicted molar refractivity (Wildman–Crippen MR) is 132 cm³/mol. The van der Waals surface area contributed by atoms with Crippen molar-refractivity contribution in [2.24, 2.45) is 0 Å². The average Bonchev–Trinajstić information content (AvgIpc) is 2.77. The number of hydrogen-bond donors (Lipinski definition) is 0. The van der Waals surface area contributed by atoms with Gasteiger partial charge in [-0.3, -0.25) is 0 Å². The van der Waals surface area contributed by atoms with Crippen LogP contribution in [0.2, 0.25) is 0 Å². The van der Waals surface area contributed by atoms with Crippen molar-refractivity contribution in [1.29, 1.82) is 0 Å². The molecule has 174 valence electrons. The van der Waals surface area contributed by atoms with Gasteiger partial charge in [0.1, 0.15) is 11.5 Å². The minimum atomic E-state index is 0.828. The first-order valence-electron chi connectivity index (χ1n) is 13.2. The molecule has 1 rings (SSSR count). The zero-order valence-corrected chi connectivity index (χ0v) is 20.3. The fraction of sp³-hybridized carbons (Fsp3) is 0.786. The summed E-state index contributed by atoms with van der Waals surface area (Å²) in [5.41, 5.74) is 0. The van der Waals surface area contributed by atoms with E-state index in [9.17, 15) is 0 Å². The lowest BCUT2D eigenvalue weighted by Crippen LogP contribution is -1.99. The molecule has 0 amide bonds. The fourth-order valence-corrected chi connectivity index (χ4v) is 3.84. The average molecular weight is 419 g/mol. The van der Waals surface area contributed by atoms with E-state index in [0.717, 1.165) is 37.6 Å². The second kappa shape index (κ2) is 21.1. The van der Waals surface area contributed by atoms with Crippen LogP contribution >= 0.6 is 0 Å². The summed E-state index contributed by atoms with van der Waals surface area (Å²) in [5, 5.41) is 0. The second-order valence-corrected chi connectivity index (χ2v) is 8.83. The molecule has 0 heterocycles. The first-order chi connectivity index (χ1) is 14.9. The van der Waals surface area contributed by atoms with E-state index in [1.165, 1.54) is 103 Å². The van der Waals surface area contributed by atoms with Gasteiger partial charge in [-0.25, -0.2) is 0 Å². The van der Waals surface area contributed by atoms with Crippen molar-refractivity contribution in [3.63, 3.8) is 0 Å². The lowest BCUT2D eigenvalue weighted by Gasteiger charge is -2.09. The van der Waals surface area contributed by atoms with Gasteiger partial charge in [-0.1, -0.05) is 117 Å². The highest BCUT2D eigenvalue weighted by molar-refractivity contribution is 5.31. The molecule has 30 heavy (non-hydrogen) atoms. The lowest BCUT2D eigenvalue weighted by molar-refractivity contribution is 0.296. The fourth-order valence-electron chi connectivity index (χ4n) is 3.84. The van der Waals surface area contributed by atoms with Crippen LogP contribution in [0.25, 0.3) is 0 Å². The van der Waals surface area contributed by atoms with Crippen LogP contribution in [0.1, 0.15) is 129 Å². The van der Waals surface area contributed by atoms with Gasteiger partial charge in [0, 0.05) is 0 Å². The summed E-state index contributed by atoms with van der Waals surface area (Å²) in [6, 6.07) is 8.16. The standard InChI is InChI=1S/C28H50O2/c1-3-5-7-9-11-13-15-17-19-25-29-27-21-23-28(24-22-27)30-26-20-18-16-14-12-10-8-6-4-2/h21-24H,3-20,25-26H2,1-2H3. The summed E-state index contributed by atoms with van der Waals surface area (Å²) in [7, 11) is 0. The van der Waals surface area contributed by atoms with E-state index in [4.69, 9.17) is 9.47 Å². The van der Waals surface area contributed by atoms with E-state index < -0.39 is 0 Å². The molecule has 1 aromatic carbocycles. The van der Waals surface area contributed by atoms with Crippen molar-refractivity contribution >= 4 is 0 Å². The van der Waals surface area contributed by atoms with Crippen molar-refractivity contribution in [3.8, 4) is 11.5 Å². The Bertz CT molecular complexity index is 411. The van der Waals surface area contributed by atoms with Crippen LogP contribution < -0.4 is 9.47 Å². The summed E-state index contributed by atoms with van der Waals surface area (Å²) in [6.45, 7) is 6.21. The number of ether oxygens (including phenoxy) is 2. The van der Waals surface area contributed by atoms with Crippen molar-refractivity contribution in [2.45, 2.75) is 129 Å². The van der Waals surface area contributed by atoms with Crippen LogP contribution in [0.5, 0.6) is 11.5 Å². The molecule has 0 saturated carbocycles. The molecule has 1 aromatic rings. The number of unbranched alkanes of at least 4 members (excludes halogenated alkanes) is 16. The summed E-state index contributed by atoms with van der Waals surface area (Å²) in [4.78, 5) is 0. The monoisotopic (exact) mass is 418 g/mol. The van der Waals surface area contributed by atoms with Crippen molar-refractivity contribution in [1.82, 2.24) is 0 Å². The molecule has 0 N–H and O–H groups in total. The zero-order chi connectivity index (χ0) is 21.5. The molecular weight excluding hydrogens is 368 g/mol. The molecular formula is C28H50O2. The first kappa shape index (κ1) is 26.9. The van der Waals surface area contributed by atoms with Gasteiger partial charge < -0.3 is 9.47 Å². The van der Waals surface area contributed by atoms with Gasteiger partial charge in [0.2, 0.25) is 0 Å². The predicted octanol–water partition coefficient (Wildman–Crippen LogP) is 9.51. The quantitative estimate of drug-likeness (QED) is 0.174. The van der Waals surface area contributed by atoms with E-state index in [0.29, 0.717) is 0 Å². The first-order valence-corrected chi connectivity index (χ1v) is 13.2. The van der Waals surface area contributed by atoms with Crippen LogP contribution in [-0.2, 0) is 0 Å². The summed E-state index contributed by atoms with van der Waals surface area (Å²) < 4.78 is 11.7. The number of benzene rings is 1. The van der Waals surface area contributed by atoms with E-state index in [1.54, 1.807) is 0 Å². The minimum Gasteiger partial charge on any atom is -0.494 e. The molecule has 2 heteroatoms. The van der Waals surface area contributed by atoms with E-state index in [1.807, 2.05) is 24.3 Å². The molecule has 0 saturated heterocycles. The lowest BCUT2D eigenvalue weighted by atomic mass is 10.1. The highest BCUT2D eigenvalue weighted by atomic mass is 16.5. The maximum atomic E-state index is 5.87. The second-order valence-electron chi connectivity index (χ2n) is 8.83. The van der Waals surface area contributed by atoms with Gasteiger partial charge in [-0.15, -0.1) is 0 Å². The summed E-state index contributed by atoms with van der Waals surface area (Å²) in [6.07, 6.45) is 24.3. The number of hydrogen-bond acceptors (Lipinski definition) is 2. The van der Waals surface area contributed by atoms with Gasteiger partial charge in [0.25, 0.3) is 0 Å². The molecule has 0 bridgehead atoms. The van der Waals surface area contributed by atoms with Crippen molar-refractivity contribution in [3.05, 3.63) is 24.3 Å². The highest BCUT2D eigenvalue weighted by Crippen LogP contribution is 2.19. The van der Waals surface area contributed by atoms with Crippen LogP contribution in [-0.4, -0.2) is 13.2 Å². The summed E-state index contributed by atoms with van der Waals surface area (Å²) in [5.74, 6) is 1.93. The largest absolute Gasteiger partial charge is 0.494 e. The molecule has 0 unspecified atom stereocenters. The molecule has 2 nitrogen and oxygen atoms in total. The van der Waals surface area contributed by atoms with Crippen molar-refractivity contribution < 1.29 is 9.47 Å². The summed E-state index contributed by atoms with van der Waals surface area (Å²) >= 11 is 0. The SMILES string of the molecule is CCCCCCCCCCCOc1ccc(OCCCCCCCCCCC)cc1. The number of rotatable bonds is 22. The topological polar surface area (TPSA) is 18.5 Å². The molecule has 0 spiro atoms. The maximum absolute atomic E-state index is 5.87. The smallest absolute Gasteiger partial charge is 0.119 e. The molecule has 0 atom stereocenters. The van der Waals surface area contributed by atoms with Crippen LogP contribution in [0.3, 0.4) is 0 Å². The maximum Gasteiger partial charge on any atom is 0.119 e. The molecule has 0 aromatic heterocycles. The normalized spacial score (nSPS) is 11.0. The Hall–Kier alpha value is -1.18. The third kappa shape index (κ3) is 16.6. The van der Waals surface area contributed by atoms with Gasteiger partial charge >= 0.3 is 0 Å². The van der Waals surface area contributed by atoms with Crippen LogP contribution in [0, 0.1) is 0 Å². The Balaban J connectivity index is 1.92. The highest BCUT2D eigenvalue weighted by Gasteiger charge is 1.98. The van der Waals surface area contributed by atoms with Gasteiger partial charge in [0.15, 0.2) is 0 Å². The van der Waals surface area contributed by atoms with Gasteiger partial charge in [-0.2, -0.15) is 0 Å². The van der Waals surface area contributed by atoms with E-state index in [-0.39, 0.29) is 0 Å². The Morgan fingerprint density at radius 3 is 0.967 bits per heavy atom. The Morgan fingerprint density at radius 2 is 0.667 bits per heavy atom. The minimum absolute atomic E-state index is 0.828. The van der Waals surface area contributed by atoms with Gasteiger partial charge in [0.05, 0.1) is 13.2 Å². The molecule has 0 aliphatic carbocycles. The Labute approximate surface area is 188 Å². The van der Waals surface area contributed by atoms with E-state index >= 15 is 0 Å². The molecule has 0 radical (unpaired) electrons. The van der Waals surface area contributed by atoms with E-state index in [2.05, 4.69) is 13.8 Å². The van der Waals surface area contributed by atoms with Crippen LogP contribution in [0.15, 0.2) is 24.3 Å². The van der Waals surface area contributed by atoms with Crippen molar-refractivity contribution in [2.75, 3.05) is 13.2 Å². The molecule has 0 fully saturated rings. The Kier molecular flexibility index (Phi) is 18.9. The van der Waals surface area contributed by atoms with Crippen LogP contribution in [0.4, 0.5) is 0 Å². The van der Waals surface area contributed by atoms with Gasteiger partial charge in [-0.05, 0) is 37.1 Å². The zero-order valence-electron chi connectivity index (χ0n) is 20.3. The molecule has 0 aliphatic heterocycles. The molecule has 0 aliphatic rings. The third-order valence-electron chi connectivity index (χ3n) is 5.86. The Morgan fingerprint density at radius 1 is 0.400 bits per heavy atom. The third-order valence-corrected chi connectivity index (χ3v) is 5.86.